The average Bonchev–Trinajstić information content (AvgIpc) is 2.87. The minimum Gasteiger partial charge on any atom is -0.478 e. The zero-order chi connectivity index (χ0) is 19.9. The second kappa shape index (κ2) is 9.94. The molecule has 0 saturated heterocycles. The Morgan fingerprint density at radius 2 is 2.14 bits per heavy atom. The lowest BCUT2D eigenvalue weighted by Crippen LogP contribution is -2.25. The molecule has 3 rings (SSSR count). The SMILES string of the molecule is CCCC1CSc2cc(O/C=C/C(=O)O)c(SC)cc2N(c2ccccc2)C1. The molecule has 0 bridgehead atoms. The maximum Gasteiger partial charge on any atom is 0.331 e. The van der Waals surface area contributed by atoms with Crippen LogP contribution in [0.2, 0.25) is 0 Å². The van der Waals surface area contributed by atoms with Crippen molar-refractivity contribution in [1.29, 1.82) is 0 Å². The van der Waals surface area contributed by atoms with E-state index >= 15 is 0 Å². The third kappa shape index (κ3) is 5.06. The molecule has 2 aromatic rings. The van der Waals surface area contributed by atoms with Gasteiger partial charge in [-0.3, -0.25) is 0 Å². The highest BCUT2D eigenvalue weighted by atomic mass is 32.2. The van der Waals surface area contributed by atoms with Crippen molar-refractivity contribution in [3.8, 4) is 5.75 Å². The molecular formula is C22H25NO3S2. The maximum atomic E-state index is 10.7. The molecule has 2 aromatic carbocycles. The van der Waals surface area contributed by atoms with Crippen LogP contribution in [0.1, 0.15) is 19.8 Å². The normalized spacial score (nSPS) is 16.6. The molecule has 6 heteroatoms. The van der Waals surface area contributed by atoms with Crippen molar-refractivity contribution in [2.24, 2.45) is 5.92 Å². The number of ether oxygens (including phenoxy) is 1. The molecule has 1 unspecified atom stereocenters. The minimum atomic E-state index is -1.02. The quantitative estimate of drug-likeness (QED) is 0.338. The molecule has 0 spiro atoms. The van der Waals surface area contributed by atoms with E-state index in [1.165, 1.54) is 35.4 Å². The zero-order valence-electron chi connectivity index (χ0n) is 16.1. The average molecular weight is 416 g/mol. The second-order valence-electron chi connectivity index (χ2n) is 6.64. The zero-order valence-corrected chi connectivity index (χ0v) is 17.8. The Bertz CT molecular complexity index is 839. The van der Waals surface area contributed by atoms with Crippen LogP contribution in [-0.2, 0) is 4.79 Å². The Kier molecular flexibility index (Phi) is 7.34. The number of hydrogen-bond donors (Lipinski definition) is 1. The smallest absolute Gasteiger partial charge is 0.331 e. The van der Waals surface area contributed by atoms with Gasteiger partial charge in [-0.15, -0.1) is 23.5 Å². The van der Waals surface area contributed by atoms with Gasteiger partial charge in [-0.25, -0.2) is 4.79 Å². The molecule has 0 fully saturated rings. The summed E-state index contributed by atoms with van der Waals surface area (Å²) in [6.07, 6.45) is 6.63. The first kappa shape index (κ1) is 20.7. The van der Waals surface area contributed by atoms with Crippen molar-refractivity contribution in [3.05, 3.63) is 54.8 Å². The van der Waals surface area contributed by atoms with Gasteiger partial charge >= 0.3 is 5.97 Å². The summed E-state index contributed by atoms with van der Waals surface area (Å²) < 4.78 is 5.65. The van der Waals surface area contributed by atoms with Crippen molar-refractivity contribution in [2.45, 2.75) is 29.6 Å². The molecule has 0 saturated carbocycles. The molecular weight excluding hydrogens is 390 g/mol. The predicted molar refractivity (Wildman–Crippen MR) is 118 cm³/mol. The molecule has 148 valence electrons. The standard InChI is InChI=1S/C22H25NO3S2/c1-3-7-16-14-23(17-8-5-4-6-9-17)18-12-21(27-2)19(13-20(18)28-15-16)26-11-10-22(24)25/h4-6,8-13,16H,3,7,14-15H2,1-2H3,(H,24,25)/b11-10+. The van der Waals surface area contributed by atoms with E-state index in [0.717, 1.165) is 23.3 Å². The van der Waals surface area contributed by atoms with Gasteiger partial charge in [-0.1, -0.05) is 31.5 Å². The van der Waals surface area contributed by atoms with Gasteiger partial charge in [0.05, 0.1) is 22.9 Å². The topological polar surface area (TPSA) is 49.8 Å². The number of anilines is 2. The molecule has 1 heterocycles. The molecule has 1 atom stereocenters. The fourth-order valence-corrected chi connectivity index (χ4v) is 5.06. The van der Waals surface area contributed by atoms with E-state index in [4.69, 9.17) is 9.84 Å². The first-order valence-electron chi connectivity index (χ1n) is 9.36. The summed E-state index contributed by atoms with van der Waals surface area (Å²) in [6.45, 7) is 3.23. The third-order valence-corrected chi connectivity index (χ3v) is 6.66. The minimum absolute atomic E-state index is 0.608. The number of hydrogen-bond acceptors (Lipinski definition) is 5. The van der Waals surface area contributed by atoms with Gasteiger partial charge in [0.2, 0.25) is 0 Å². The van der Waals surface area contributed by atoms with E-state index in [1.807, 2.05) is 30.2 Å². The number of carbonyl (C=O) groups is 1. The second-order valence-corrected chi connectivity index (χ2v) is 8.55. The summed E-state index contributed by atoms with van der Waals surface area (Å²) in [5, 5.41) is 8.80. The molecule has 1 N–H and O–H groups in total. The molecule has 28 heavy (non-hydrogen) atoms. The van der Waals surface area contributed by atoms with Crippen LogP contribution < -0.4 is 9.64 Å². The van der Waals surface area contributed by atoms with Gasteiger partial charge in [-0.2, -0.15) is 0 Å². The summed E-state index contributed by atoms with van der Waals surface area (Å²) in [4.78, 5) is 15.3. The highest BCUT2D eigenvalue weighted by molar-refractivity contribution is 7.99. The summed E-state index contributed by atoms with van der Waals surface area (Å²) in [5.74, 6) is 1.34. The van der Waals surface area contributed by atoms with Crippen LogP contribution >= 0.6 is 23.5 Å². The van der Waals surface area contributed by atoms with Crippen LogP contribution in [0.4, 0.5) is 11.4 Å². The lowest BCUT2D eigenvalue weighted by atomic mass is 10.0. The Labute approximate surface area is 175 Å². The number of nitrogens with zero attached hydrogens (tertiary/aromatic N) is 1. The molecule has 1 aliphatic heterocycles. The number of rotatable bonds is 7. The fourth-order valence-electron chi connectivity index (χ4n) is 3.33. The molecule has 0 aromatic heterocycles. The fraction of sp³-hybridized carbons (Fsp3) is 0.318. The third-order valence-electron chi connectivity index (χ3n) is 4.62. The number of thioether (sulfide) groups is 2. The highest BCUT2D eigenvalue weighted by Gasteiger charge is 2.25. The van der Waals surface area contributed by atoms with Crippen molar-refractivity contribution in [3.63, 3.8) is 0 Å². The van der Waals surface area contributed by atoms with Crippen molar-refractivity contribution in [1.82, 2.24) is 0 Å². The van der Waals surface area contributed by atoms with Gasteiger partial charge in [0.1, 0.15) is 5.75 Å². The summed E-state index contributed by atoms with van der Waals surface area (Å²) >= 11 is 3.46. The van der Waals surface area contributed by atoms with Crippen LogP contribution in [-0.4, -0.2) is 29.6 Å². The van der Waals surface area contributed by atoms with Gasteiger partial charge in [-0.05, 0) is 42.9 Å². The molecule has 4 nitrogen and oxygen atoms in total. The van der Waals surface area contributed by atoms with Gasteiger partial charge in [0.15, 0.2) is 0 Å². The van der Waals surface area contributed by atoms with E-state index in [0.29, 0.717) is 11.7 Å². The van der Waals surface area contributed by atoms with Gasteiger partial charge in [0.25, 0.3) is 0 Å². The number of aliphatic carboxylic acids is 1. The maximum absolute atomic E-state index is 10.7. The summed E-state index contributed by atoms with van der Waals surface area (Å²) in [7, 11) is 0. The Morgan fingerprint density at radius 1 is 1.36 bits per heavy atom. The number of carboxylic acid groups (broad SMARTS) is 1. The Balaban J connectivity index is 2.02. The first-order chi connectivity index (χ1) is 13.6. The van der Waals surface area contributed by atoms with Crippen LogP contribution in [0.15, 0.2) is 64.6 Å². The molecule has 0 radical (unpaired) electrons. The monoisotopic (exact) mass is 415 g/mol. The van der Waals surface area contributed by atoms with E-state index in [-0.39, 0.29) is 0 Å². The van der Waals surface area contributed by atoms with Crippen LogP contribution in [0, 0.1) is 5.92 Å². The van der Waals surface area contributed by atoms with Crippen molar-refractivity contribution in [2.75, 3.05) is 23.5 Å². The van der Waals surface area contributed by atoms with Crippen LogP contribution in [0.5, 0.6) is 5.75 Å². The van der Waals surface area contributed by atoms with Crippen LogP contribution in [0.3, 0.4) is 0 Å². The lowest BCUT2D eigenvalue weighted by Gasteiger charge is -2.28. The van der Waals surface area contributed by atoms with Gasteiger partial charge in [0, 0.05) is 22.9 Å². The molecule has 0 aliphatic carbocycles. The van der Waals surface area contributed by atoms with E-state index in [9.17, 15) is 4.79 Å². The van der Waals surface area contributed by atoms with E-state index < -0.39 is 5.97 Å². The van der Waals surface area contributed by atoms with Crippen LogP contribution in [0.25, 0.3) is 0 Å². The predicted octanol–water partition coefficient (Wildman–Crippen LogP) is 6.05. The number of carboxylic acids is 1. The Hall–Kier alpha value is -2.05. The Morgan fingerprint density at radius 3 is 2.82 bits per heavy atom. The summed E-state index contributed by atoms with van der Waals surface area (Å²) in [6, 6.07) is 14.7. The molecule has 0 amide bonds. The largest absolute Gasteiger partial charge is 0.478 e. The van der Waals surface area contributed by atoms with E-state index in [2.05, 4.69) is 42.2 Å². The van der Waals surface area contributed by atoms with Crippen molar-refractivity contribution < 1.29 is 14.6 Å². The number of fused-ring (bicyclic) bond motifs is 1. The highest BCUT2D eigenvalue weighted by Crippen LogP contribution is 2.45. The number of para-hydroxylation sites is 1. The van der Waals surface area contributed by atoms with Gasteiger partial charge < -0.3 is 14.7 Å². The lowest BCUT2D eigenvalue weighted by molar-refractivity contribution is -0.131. The van der Waals surface area contributed by atoms with Crippen molar-refractivity contribution >= 4 is 40.9 Å². The first-order valence-corrected chi connectivity index (χ1v) is 11.6. The molecule has 1 aliphatic rings. The number of benzene rings is 2. The summed E-state index contributed by atoms with van der Waals surface area (Å²) in [5.41, 5.74) is 2.38. The van der Waals surface area contributed by atoms with E-state index in [1.54, 1.807) is 11.8 Å².